The second kappa shape index (κ2) is 11.3. The number of amides is 2. The van der Waals surface area contributed by atoms with Gasteiger partial charge in [0.15, 0.2) is 11.5 Å². The maximum atomic E-state index is 13.7. The first-order valence-electron chi connectivity index (χ1n) is 12.3. The van der Waals surface area contributed by atoms with Crippen LogP contribution in [0, 0.1) is 0 Å². The highest BCUT2D eigenvalue weighted by Gasteiger charge is 2.32. The van der Waals surface area contributed by atoms with Crippen LogP contribution in [-0.4, -0.2) is 63.9 Å². The number of ether oxygens (including phenoxy) is 3. The van der Waals surface area contributed by atoms with E-state index in [1.807, 2.05) is 12.1 Å². The topological polar surface area (TPSA) is 114 Å². The maximum Gasteiger partial charge on any atom is 0.244 e. The number of rotatable bonds is 10. The minimum atomic E-state index is -3.84. The molecule has 1 N–H and O–H groups in total. The zero-order valence-electron chi connectivity index (χ0n) is 21.3. The number of fused-ring (bicyclic) bond motifs is 1. The van der Waals surface area contributed by atoms with Gasteiger partial charge in [0.1, 0.15) is 18.3 Å². The molecule has 1 fully saturated rings. The summed E-state index contributed by atoms with van der Waals surface area (Å²) in [5.74, 6) is 0.801. The Morgan fingerprint density at radius 3 is 2.41 bits per heavy atom. The Hall–Kier alpha value is -3.47. The Bertz CT molecular complexity index is 1230. The van der Waals surface area contributed by atoms with Crippen LogP contribution in [-0.2, 0) is 26.2 Å². The highest BCUT2D eigenvalue weighted by Crippen LogP contribution is 2.36. The molecule has 0 unspecified atom stereocenters. The molecule has 10 nitrogen and oxygen atoms in total. The smallest absolute Gasteiger partial charge is 0.244 e. The van der Waals surface area contributed by atoms with Crippen LogP contribution < -0.4 is 23.8 Å². The fourth-order valence-corrected chi connectivity index (χ4v) is 5.40. The second-order valence-electron chi connectivity index (χ2n) is 9.34. The Kier molecular flexibility index (Phi) is 8.11. The minimum Gasteiger partial charge on any atom is -0.497 e. The molecule has 1 saturated carbocycles. The van der Waals surface area contributed by atoms with Crippen LogP contribution in [0.2, 0.25) is 0 Å². The van der Waals surface area contributed by atoms with E-state index in [2.05, 4.69) is 5.32 Å². The van der Waals surface area contributed by atoms with Crippen LogP contribution >= 0.6 is 0 Å². The Labute approximate surface area is 217 Å². The number of anilines is 1. The van der Waals surface area contributed by atoms with Crippen LogP contribution in [0.4, 0.5) is 5.69 Å². The molecule has 1 aliphatic heterocycles. The molecular weight excluding hydrogens is 498 g/mol. The first-order valence-corrected chi connectivity index (χ1v) is 14.1. The SMILES string of the molecule is COc1ccc(CN(C(=O)CN(c2ccc3c(c2)OCO3)S(C)(=O)=O)[C@@H](C)C(=O)NC2CCCC2)cc1. The van der Waals surface area contributed by atoms with Gasteiger partial charge in [0.25, 0.3) is 0 Å². The van der Waals surface area contributed by atoms with E-state index in [-0.39, 0.29) is 31.0 Å². The summed E-state index contributed by atoms with van der Waals surface area (Å²) in [5, 5.41) is 3.05. The molecule has 11 heteroatoms. The maximum absolute atomic E-state index is 13.7. The van der Waals surface area contributed by atoms with E-state index < -0.39 is 28.5 Å². The van der Waals surface area contributed by atoms with Crippen molar-refractivity contribution in [1.29, 1.82) is 0 Å². The molecule has 2 aromatic rings. The Morgan fingerprint density at radius 2 is 1.76 bits per heavy atom. The summed E-state index contributed by atoms with van der Waals surface area (Å²) in [6.45, 7) is 1.35. The highest BCUT2D eigenvalue weighted by molar-refractivity contribution is 7.92. The molecule has 2 amide bonds. The van der Waals surface area contributed by atoms with Crippen molar-refractivity contribution in [3.63, 3.8) is 0 Å². The fourth-order valence-electron chi connectivity index (χ4n) is 4.56. The third-order valence-corrected chi connectivity index (χ3v) is 7.84. The number of methoxy groups -OCH3 is 1. The Balaban J connectivity index is 1.59. The van der Waals surface area contributed by atoms with Crippen molar-refractivity contribution in [2.75, 3.05) is 31.0 Å². The van der Waals surface area contributed by atoms with Gasteiger partial charge in [-0.3, -0.25) is 13.9 Å². The lowest BCUT2D eigenvalue weighted by Crippen LogP contribution is -2.52. The van der Waals surface area contributed by atoms with Crippen LogP contribution in [0.5, 0.6) is 17.2 Å². The normalized spacial score (nSPS) is 15.8. The van der Waals surface area contributed by atoms with Crippen molar-refractivity contribution in [2.45, 2.75) is 51.2 Å². The first kappa shape index (κ1) is 26.6. The van der Waals surface area contributed by atoms with Gasteiger partial charge in [0, 0.05) is 18.7 Å². The molecule has 37 heavy (non-hydrogen) atoms. The van der Waals surface area contributed by atoms with Gasteiger partial charge in [-0.15, -0.1) is 0 Å². The number of nitrogens with one attached hydrogen (secondary N) is 1. The van der Waals surface area contributed by atoms with E-state index in [4.69, 9.17) is 14.2 Å². The standard InChI is InChI=1S/C26H33N3O7S/c1-18(26(31)27-20-6-4-5-7-20)28(15-19-8-11-22(34-2)12-9-19)25(30)16-29(37(3,32)33)21-10-13-23-24(14-21)36-17-35-23/h8-14,18,20H,4-7,15-17H2,1-3H3,(H,27,31)/t18-/m0/s1. The van der Waals surface area contributed by atoms with E-state index in [1.165, 1.54) is 11.0 Å². The van der Waals surface area contributed by atoms with Crippen LogP contribution in [0.3, 0.4) is 0 Å². The molecule has 2 aromatic carbocycles. The number of carbonyl (C=O) groups excluding carboxylic acids is 2. The molecule has 0 spiro atoms. The van der Waals surface area contributed by atoms with E-state index in [0.717, 1.165) is 41.8 Å². The molecule has 0 aromatic heterocycles. The van der Waals surface area contributed by atoms with E-state index >= 15 is 0 Å². The highest BCUT2D eigenvalue weighted by atomic mass is 32.2. The Morgan fingerprint density at radius 1 is 1.08 bits per heavy atom. The lowest BCUT2D eigenvalue weighted by molar-refractivity contribution is -0.139. The first-order chi connectivity index (χ1) is 17.7. The lowest BCUT2D eigenvalue weighted by atomic mass is 10.1. The van der Waals surface area contributed by atoms with Gasteiger partial charge in [0.2, 0.25) is 28.6 Å². The summed E-state index contributed by atoms with van der Waals surface area (Å²) >= 11 is 0. The van der Waals surface area contributed by atoms with Gasteiger partial charge in [-0.2, -0.15) is 0 Å². The summed E-state index contributed by atoms with van der Waals surface area (Å²) in [4.78, 5) is 28.2. The predicted molar refractivity (Wildman–Crippen MR) is 138 cm³/mol. The van der Waals surface area contributed by atoms with Gasteiger partial charge >= 0.3 is 0 Å². The average molecular weight is 532 g/mol. The van der Waals surface area contributed by atoms with Crippen molar-refractivity contribution in [2.24, 2.45) is 0 Å². The summed E-state index contributed by atoms with van der Waals surface area (Å²) in [7, 11) is -2.27. The molecule has 0 saturated heterocycles. The number of carbonyl (C=O) groups is 2. The van der Waals surface area contributed by atoms with E-state index in [9.17, 15) is 18.0 Å². The molecule has 0 radical (unpaired) electrons. The third-order valence-electron chi connectivity index (χ3n) is 6.70. The molecule has 200 valence electrons. The van der Waals surface area contributed by atoms with Crippen molar-refractivity contribution in [3.8, 4) is 17.2 Å². The van der Waals surface area contributed by atoms with Crippen LogP contribution in [0.1, 0.15) is 38.2 Å². The van der Waals surface area contributed by atoms with Crippen molar-refractivity contribution < 1.29 is 32.2 Å². The largest absolute Gasteiger partial charge is 0.497 e. The van der Waals surface area contributed by atoms with Crippen molar-refractivity contribution in [1.82, 2.24) is 10.2 Å². The molecule has 4 rings (SSSR count). The monoisotopic (exact) mass is 531 g/mol. The number of hydrogen-bond donors (Lipinski definition) is 1. The average Bonchev–Trinajstić information content (AvgIpc) is 3.56. The minimum absolute atomic E-state index is 0.0415. The summed E-state index contributed by atoms with van der Waals surface area (Å²) in [6, 6.07) is 11.1. The summed E-state index contributed by atoms with van der Waals surface area (Å²) in [5.41, 5.74) is 1.05. The zero-order valence-corrected chi connectivity index (χ0v) is 22.1. The van der Waals surface area contributed by atoms with E-state index in [0.29, 0.717) is 17.2 Å². The molecule has 1 atom stereocenters. The van der Waals surface area contributed by atoms with Gasteiger partial charge < -0.3 is 24.4 Å². The summed E-state index contributed by atoms with van der Waals surface area (Å²) in [6.07, 6.45) is 4.99. The number of nitrogens with zero attached hydrogens (tertiary/aromatic N) is 2. The van der Waals surface area contributed by atoms with Crippen molar-refractivity contribution >= 4 is 27.5 Å². The number of sulfonamides is 1. The third kappa shape index (κ3) is 6.46. The quantitative estimate of drug-likeness (QED) is 0.501. The molecular formula is C26H33N3O7S. The fraction of sp³-hybridized carbons (Fsp3) is 0.462. The van der Waals surface area contributed by atoms with Gasteiger partial charge in [0.05, 0.1) is 19.1 Å². The molecule has 1 heterocycles. The van der Waals surface area contributed by atoms with Gasteiger partial charge in [-0.05, 0) is 49.6 Å². The molecule has 0 bridgehead atoms. The predicted octanol–water partition coefficient (Wildman–Crippen LogP) is 2.67. The zero-order chi connectivity index (χ0) is 26.6. The molecule has 1 aliphatic carbocycles. The summed E-state index contributed by atoms with van der Waals surface area (Å²) < 4.78 is 42.4. The van der Waals surface area contributed by atoms with Crippen LogP contribution in [0.15, 0.2) is 42.5 Å². The van der Waals surface area contributed by atoms with Crippen molar-refractivity contribution in [3.05, 3.63) is 48.0 Å². The number of benzene rings is 2. The van der Waals surface area contributed by atoms with Gasteiger partial charge in [-0.1, -0.05) is 25.0 Å². The van der Waals surface area contributed by atoms with Gasteiger partial charge in [-0.25, -0.2) is 8.42 Å². The lowest BCUT2D eigenvalue weighted by Gasteiger charge is -2.32. The van der Waals surface area contributed by atoms with Crippen LogP contribution in [0.25, 0.3) is 0 Å². The molecule has 2 aliphatic rings. The van der Waals surface area contributed by atoms with E-state index in [1.54, 1.807) is 38.3 Å². The number of hydrogen-bond acceptors (Lipinski definition) is 7. The second-order valence-corrected chi connectivity index (χ2v) is 11.2.